The molecule has 78 valence electrons. The molecule has 2 atom stereocenters. The number of nitrogens with zero attached hydrogens (tertiary/aromatic N) is 1. The summed E-state index contributed by atoms with van der Waals surface area (Å²) in [5.74, 6) is 1.52. The molecular formula is C13H21N. The van der Waals surface area contributed by atoms with Gasteiger partial charge in [0.05, 0.1) is 0 Å². The van der Waals surface area contributed by atoms with Crippen LogP contribution in [0.1, 0.15) is 26.2 Å². The van der Waals surface area contributed by atoms with Crippen LogP contribution in [0.4, 0.5) is 0 Å². The van der Waals surface area contributed by atoms with Gasteiger partial charge >= 0.3 is 0 Å². The van der Waals surface area contributed by atoms with Crippen molar-refractivity contribution in [3.63, 3.8) is 0 Å². The number of likely N-dealkylation sites (tertiary alicyclic amines) is 1. The molecule has 2 unspecified atom stereocenters. The van der Waals surface area contributed by atoms with E-state index in [2.05, 4.69) is 36.1 Å². The van der Waals surface area contributed by atoms with Gasteiger partial charge in [-0.1, -0.05) is 31.2 Å². The van der Waals surface area contributed by atoms with Crippen LogP contribution in [0.25, 0.3) is 0 Å². The van der Waals surface area contributed by atoms with Gasteiger partial charge in [-0.25, -0.2) is 0 Å². The van der Waals surface area contributed by atoms with Crippen LogP contribution in [0.2, 0.25) is 0 Å². The minimum Gasteiger partial charge on any atom is -0.303 e. The molecular weight excluding hydrogens is 170 g/mol. The molecule has 0 N–H and O–H groups in total. The van der Waals surface area contributed by atoms with Gasteiger partial charge in [0.15, 0.2) is 0 Å². The van der Waals surface area contributed by atoms with E-state index in [4.69, 9.17) is 0 Å². The number of allylic oxidation sites excluding steroid dienone is 4. The molecule has 1 heterocycles. The Morgan fingerprint density at radius 2 is 1.86 bits per heavy atom. The highest BCUT2D eigenvalue weighted by molar-refractivity contribution is 5.13. The molecule has 0 radical (unpaired) electrons. The van der Waals surface area contributed by atoms with E-state index in [0.29, 0.717) is 0 Å². The molecule has 0 bridgehead atoms. The van der Waals surface area contributed by atoms with Gasteiger partial charge in [0.2, 0.25) is 0 Å². The molecule has 0 spiro atoms. The van der Waals surface area contributed by atoms with E-state index < -0.39 is 0 Å². The highest BCUT2D eigenvalue weighted by atomic mass is 15.1. The van der Waals surface area contributed by atoms with Crippen molar-refractivity contribution in [2.45, 2.75) is 26.2 Å². The second-order valence-corrected chi connectivity index (χ2v) is 4.63. The van der Waals surface area contributed by atoms with Crippen molar-refractivity contribution in [3.05, 3.63) is 24.3 Å². The van der Waals surface area contributed by atoms with Crippen LogP contribution < -0.4 is 0 Å². The first-order chi connectivity index (χ1) is 6.86. The summed E-state index contributed by atoms with van der Waals surface area (Å²) in [7, 11) is 0. The van der Waals surface area contributed by atoms with Crippen LogP contribution in [-0.2, 0) is 0 Å². The normalized spacial score (nSPS) is 32.6. The molecule has 0 aromatic carbocycles. The summed E-state index contributed by atoms with van der Waals surface area (Å²) < 4.78 is 0. The lowest BCUT2D eigenvalue weighted by Gasteiger charge is -2.23. The van der Waals surface area contributed by atoms with E-state index in [9.17, 15) is 0 Å². The molecule has 1 nitrogen and oxygen atoms in total. The maximum atomic E-state index is 2.61. The van der Waals surface area contributed by atoms with Crippen molar-refractivity contribution in [2.24, 2.45) is 11.8 Å². The molecule has 1 saturated heterocycles. The molecule has 1 fully saturated rings. The molecule has 2 aliphatic rings. The van der Waals surface area contributed by atoms with Gasteiger partial charge in [-0.05, 0) is 50.7 Å². The first-order valence-electron chi connectivity index (χ1n) is 5.93. The fraction of sp³-hybridized carbons (Fsp3) is 0.692. The topological polar surface area (TPSA) is 3.24 Å². The molecule has 0 aromatic rings. The summed E-state index contributed by atoms with van der Waals surface area (Å²) in [4.78, 5) is 2.61. The smallest absolute Gasteiger partial charge is 0.00129 e. The van der Waals surface area contributed by atoms with Gasteiger partial charge in [0.25, 0.3) is 0 Å². The third-order valence-electron chi connectivity index (χ3n) is 3.54. The Balaban J connectivity index is 1.74. The van der Waals surface area contributed by atoms with Crippen LogP contribution in [-0.4, -0.2) is 24.5 Å². The number of rotatable bonds is 3. The zero-order valence-electron chi connectivity index (χ0n) is 9.15. The Labute approximate surface area is 87.5 Å². The van der Waals surface area contributed by atoms with Crippen LogP contribution in [0.3, 0.4) is 0 Å². The largest absolute Gasteiger partial charge is 0.303 e. The monoisotopic (exact) mass is 191 g/mol. The predicted octanol–water partition coefficient (Wildman–Crippen LogP) is 2.85. The molecule has 1 aliphatic heterocycles. The van der Waals surface area contributed by atoms with E-state index >= 15 is 0 Å². The van der Waals surface area contributed by atoms with Gasteiger partial charge in [0, 0.05) is 0 Å². The average Bonchev–Trinajstić information content (AvgIpc) is 2.69. The van der Waals surface area contributed by atoms with E-state index in [1.165, 1.54) is 38.9 Å². The summed E-state index contributed by atoms with van der Waals surface area (Å²) in [6.45, 7) is 6.29. The van der Waals surface area contributed by atoms with Crippen LogP contribution in [0.5, 0.6) is 0 Å². The number of hydrogen-bond donors (Lipinski definition) is 0. The highest BCUT2D eigenvalue weighted by Crippen LogP contribution is 2.23. The maximum absolute atomic E-state index is 2.61. The van der Waals surface area contributed by atoms with Crippen molar-refractivity contribution < 1.29 is 0 Å². The Morgan fingerprint density at radius 3 is 2.57 bits per heavy atom. The van der Waals surface area contributed by atoms with Crippen molar-refractivity contribution in [3.8, 4) is 0 Å². The molecule has 1 heteroatoms. The van der Waals surface area contributed by atoms with E-state index in [-0.39, 0.29) is 0 Å². The average molecular weight is 191 g/mol. The zero-order valence-corrected chi connectivity index (χ0v) is 9.15. The second kappa shape index (κ2) is 4.79. The molecule has 0 aromatic heterocycles. The van der Waals surface area contributed by atoms with Gasteiger partial charge < -0.3 is 4.90 Å². The molecule has 1 aliphatic carbocycles. The first-order valence-corrected chi connectivity index (χ1v) is 5.93. The van der Waals surface area contributed by atoms with Crippen molar-refractivity contribution in [1.82, 2.24) is 4.90 Å². The SMILES string of the molecule is CC1C=CC=CC1CCN1CCCC1. The lowest BCUT2D eigenvalue weighted by Crippen LogP contribution is -2.24. The fourth-order valence-corrected chi connectivity index (χ4v) is 2.46. The van der Waals surface area contributed by atoms with E-state index in [0.717, 1.165) is 11.8 Å². The summed E-state index contributed by atoms with van der Waals surface area (Å²) in [6, 6.07) is 0. The number of hydrogen-bond acceptors (Lipinski definition) is 1. The summed E-state index contributed by atoms with van der Waals surface area (Å²) >= 11 is 0. The Hall–Kier alpha value is -0.560. The summed E-state index contributed by atoms with van der Waals surface area (Å²) in [5.41, 5.74) is 0. The minimum absolute atomic E-state index is 0.739. The van der Waals surface area contributed by atoms with Crippen LogP contribution in [0.15, 0.2) is 24.3 Å². The van der Waals surface area contributed by atoms with E-state index in [1.54, 1.807) is 0 Å². The maximum Gasteiger partial charge on any atom is -0.00129 e. The second-order valence-electron chi connectivity index (χ2n) is 4.63. The van der Waals surface area contributed by atoms with Crippen molar-refractivity contribution in [1.29, 1.82) is 0 Å². The van der Waals surface area contributed by atoms with Gasteiger partial charge in [-0.15, -0.1) is 0 Å². The quantitative estimate of drug-likeness (QED) is 0.663. The van der Waals surface area contributed by atoms with Crippen LogP contribution in [0, 0.1) is 11.8 Å². The predicted molar refractivity (Wildman–Crippen MR) is 61.2 cm³/mol. The molecule has 0 saturated carbocycles. The summed E-state index contributed by atoms with van der Waals surface area (Å²) in [5, 5.41) is 0. The lowest BCUT2D eigenvalue weighted by molar-refractivity contribution is 0.301. The molecule has 2 rings (SSSR count). The van der Waals surface area contributed by atoms with Crippen molar-refractivity contribution in [2.75, 3.05) is 19.6 Å². The third kappa shape index (κ3) is 2.48. The molecule has 14 heavy (non-hydrogen) atoms. The standard InChI is InChI=1S/C13H21N/c1-12-6-2-3-7-13(12)8-11-14-9-4-5-10-14/h2-3,6-7,12-13H,4-5,8-11H2,1H3. The van der Waals surface area contributed by atoms with Gasteiger partial charge in [0.1, 0.15) is 0 Å². The highest BCUT2D eigenvalue weighted by Gasteiger charge is 2.17. The summed E-state index contributed by atoms with van der Waals surface area (Å²) in [6.07, 6.45) is 13.2. The van der Waals surface area contributed by atoms with Gasteiger partial charge in [-0.3, -0.25) is 0 Å². The van der Waals surface area contributed by atoms with Crippen LogP contribution >= 0.6 is 0 Å². The van der Waals surface area contributed by atoms with Crippen molar-refractivity contribution >= 4 is 0 Å². The third-order valence-corrected chi connectivity index (χ3v) is 3.54. The Bertz CT molecular complexity index is 223. The Morgan fingerprint density at radius 1 is 1.14 bits per heavy atom. The molecule has 0 amide bonds. The fourth-order valence-electron chi connectivity index (χ4n) is 2.46. The lowest BCUT2D eigenvalue weighted by atomic mass is 9.87. The minimum atomic E-state index is 0.739. The first kappa shape index (κ1) is 9.97. The Kier molecular flexibility index (Phi) is 3.41. The van der Waals surface area contributed by atoms with E-state index in [1.807, 2.05) is 0 Å². The zero-order chi connectivity index (χ0) is 9.80. The van der Waals surface area contributed by atoms with Gasteiger partial charge in [-0.2, -0.15) is 0 Å².